The fourth-order valence-corrected chi connectivity index (χ4v) is 3.47. The maximum absolute atomic E-state index is 12.6. The van der Waals surface area contributed by atoms with Gasteiger partial charge in [-0.3, -0.25) is 9.78 Å². The predicted octanol–water partition coefficient (Wildman–Crippen LogP) is 2.81. The summed E-state index contributed by atoms with van der Waals surface area (Å²) in [6.07, 6.45) is 9.67. The molecule has 2 saturated heterocycles. The van der Waals surface area contributed by atoms with E-state index < -0.39 is 0 Å². The van der Waals surface area contributed by atoms with Crippen molar-refractivity contribution in [2.75, 3.05) is 19.7 Å². The zero-order valence-electron chi connectivity index (χ0n) is 12.8. The molecule has 0 N–H and O–H groups in total. The number of aromatic nitrogens is 1. The molecular weight excluding hydrogens is 264 g/mol. The van der Waals surface area contributed by atoms with Gasteiger partial charge in [-0.2, -0.15) is 0 Å². The van der Waals surface area contributed by atoms with Crippen molar-refractivity contribution in [3.63, 3.8) is 0 Å². The number of carbonyl (C=O) groups is 1. The zero-order valence-corrected chi connectivity index (χ0v) is 12.8. The van der Waals surface area contributed by atoms with Crippen LogP contribution >= 0.6 is 0 Å². The molecule has 1 unspecified atom stereocenters. The molecule has 2 aliphatic heterocycles. The number of nitrogens with zero attached hydrogens (tertiary/aromatic N) is 2. The second kappa shape index (κ2) is 6.56. The lowest BCUT2D eigenvalue weighted by atomic mass is 9.87. The molecule has 3 rings (SSSR count). The lowest BCUT2D eigenvalue weighted by Gasteiger charge is -2.37. The van der Waals surface area contributed by atoms with Crippen LogP contribution in [0.4, 0.5) is 0 Å². The summed E-state index contributed by atoms with van der Waals surface area (Å²) in [5.74, 6) is 0.757. The smallest absolute Gasteiger partial charge is 0.255 e. The molecule has 0 spiro atoms. The van der Waals surface area contributed by atoms with Crippen molar-refractivity contribution >= 4 is 5.91 Å². The number of likely N-dealkylation sites (tertiary alicyclic amines) is 1. The highest BCUT2D eigenvalue weighted by molar-refractivity contribution is 5.95. The first-order valence-electron chi connectivity index (χ1n) is 8.07. The first kappa shape index (κ1) is 14.5. The highest BCUT2D eigenvalue weighted by Crippen LogP contribution is 2.29. The van der Waals surface area contributed by atoms with Gasteiger partial charge >= 0.3 is 0 Å². The van der Waals surface area contributed by atoms with Gasteiger partial charge < -0.3 is 9.64 Å². The average molecular weight is 288 g/mol. The van der Waals surface area contributed by atoms with Crippen molar-refractivity contribution in [2.45, 2.75) is 45.1 Å². The van der Waals surface area contributed by atoms with E-state index in [1.807, 2.05) is 17.9 Å². The fraction of sp³-hybridized carbons (Fsp3) is 0.647. The van der Waals surface area contributed by atoms with Gasteiger partial charge in [-0.05, 0) is 56.6 Å². The number of hydrogen-bond donors (Lipinski definition) is 0. The van der Waals surface area contributed by atoms with Gasteiger partial charge in [0.25, 0.3) is 5.91 Å². The van der Waals surface area contributed by atoms with Gasteiger partial charge in [0.15, 0.2) is 0 Å². The van der Waals surface area contributed by atoms with Crippen molar-refractivity contribution in [2.24, 2.45) is 5.92 Å². The molecule has 1 atom stereocenters. The van der Waals surface area contributed by atoms with Crippen molar-refractivity contribution < 1.29 is 9.53 Å². The number of pyridine rings is 1. The van der Waals surface area contributed by atoms with Crippen molar-refractivity contribution in [1.29, 1.82) is 0 Å². The molecule has 2 aliphatic rings. The molecule has 4 heteroatoms. The normalized spacial score (nSPS) is 24.0. The summed E-state index contributed by atoms with van der Waals surface area (Å²) >= 11 is 0. The van der Waals surface area contributed by atoms with Crippen LogP contribution in [0.2, 0.25) is 0 Å². The average Bonchev–Trinajstić information content (AvgIpc) is 2.56. The lowest BCUT2D eigenvalue weighted by Crippen LogP contribution is -2.42. The Hall–Kier alpha value is -1.42. The molecule has 2 fully saturated rings. The highest BCUT2D eigenvalue weighted by atomic mass is 16.5. The number of hydrogen-bond acceptors (Lipinski definition) is 3. The molecule has 114 valence electrons. The maximum Gasteiger partial charge on any atom is 0.255 e. The summed E-state index contributed by atoms with van der Waals surface area (Å²) in [5.41, 5.74) is 1.75. The van der Waals surface area contributed by atoms with Gasteiger partial charge in [-0.15, -0.1) is 0 Å². The number of rotatable bonds is 2. The molecule has 21 heavy (non-hydrogen) atoms. The standard InChI is InChI=1S/C17H24N2O2/c1-13-5-8-18-12-15(13)17(20)19-9-6-14(7-10-19)16-4-2-3-11-21-16/h5,8,12,14,16H,2-4,6-7,9-11H2,1H3. The van der Waals surface area contributed by atoms with E-state index >= 15 is 0 Å². The van der Waals surface area contributed by atoms with E-state index in [0.29, 0.717) is 12.0 Å². The van der Waals surface area contributed by atoms with Gasteiger partial charge in [0.05, 0.1) is 11.7 Å². The molecule has 0 bridgehead atoms. The summed E-state index contributed by atoms with van der Waals surface area (Å²) < 4.78 is 5.90. The highest BCUT2D eigenvalue weighted by Gasteiger charge is 2.30. The Kier molecular flexibility index (Phi) is 4.54. The lowest BCUT2D eigenvalue weighted by molar-refractivity contribution is -0.0360. The summed E-state index contributed by atoms with van der Waals surface area (Å²) in [7, 11) is 0. The maximum atomic E-state index is 12.6. The summed E-state index contributed by atoms with van der Waals surface area (Å²) in [6.45, 7) is 4.58. The summed E-state index contributed by atoms with van der Waals surface area (Å²) in [6, 6.07) is 1.90. The van der Waals surface area contributed by atoms with E-state index in [1.54, 1.807) is 12.4 Å². The van der Waals surface area contributed by atoms with E-state index in [9.17, 15) is 4.79 Å². The number of aryl methyl sites for hydroxylation is 1. The Morgan fingerprint density at radius 2 is 2.10 bits per heavy atom. The molecule has 0 saturated carbocycles. The molecular formula is C17H24N2O2. The summed E-state index contributed by atoms with van der Waals surface area (Å²) in [5, 5.41) is 0. The van der Waals surface area contributed by atoms with Crippen LogP contribution in [-0.2, 0) is 4.74 Å². The molecule has 3 heterocycles. The predicted molar refractivity (Wildman–Crippen MR) is 81.2 cm³/mol. The Balaban J connectivity index is 1.58. The molecule has 1 amide bonds. The van der Waals surface area contributed by atoms with Crippen LogP contribution in [0.1, 0.15) is 48.0 Å². The molecule has 0 radical (unpaired) electrons. The minimum Gasteiger partial charge on any atom is -0.378 e. The SMILES string of the molecule is Cc1ccncc1C(=O)N1CCC(C2CCCCO2)CC1. The third-order valence-corrected chi connectivity index (χ3v) is 4.84. The van der Waals surface area contributed by atoms with E-state index in [-0.39, 0.29) is 5.91 Å². The Labute approximate surface area is 126 Å². The van der Waals surface area contributed by atoms with Crippen LogP contribution in [0, 0.1) is 12.8 Å². The van der Waals surface area contributed by atoms with Gasteiger partial charge in [-0.1, -0.05) is 0 Å². The van der Waals surface area contributed by atoms with Gasteiger partial charge in [-0.25, -0.2) is 0 Å². The second-order valence-corrected chi connectivity index (χ2v) is 6.23. The van der Waals surface area contributed by atoms with Crippen LogP contribution in [0.25, 0.3) is 0 Å². The minimum absolute atomic E-state index is 0.128. The topological polar surface area (TPSA) is 42.4 Å². The number of carbonyl (C=O) groups excluding carboxylic acids is 1. The van der Waals surface area contributed by atoms with Crippen molar-refractivity contribution in [3.05, 3.63) is 29.6 Å². The van der Waals surface area contributed by atoms with Crippen LogP contribution in [0.3, 0.4) is 0 Å². The minimum atomic E-state index is 0.128. The first-order valence-corrected chi connectivity index (χ1v) is 8.07. The molecule has 4 nitrogen and oxygen atoms in total. The van der Waals surface area contributed by atoms with E-state index in [1.165, 1.54) is 19.3 Å². The largest absolute Gasteiger partial charge is 0.378 e. The van der Waals surface area contributed by atoms with E-state index in [2.05, 4.69) is 4.98 Å². The fourth-order valence-electron chi connectivity index (χ4n) is 3.47. The Bertz CT molecular complexity index is 489. The van der Waals surface area contributed by atoms with E-state index in [0.717, 1.165) is 43.7 Å². The Morgan fingerprint density at radius 3 is 2.76 bits per heavy atom. The van der Waals surface area contributed by atoms with Crippen LogP contribution < -0.4 is 0 Å². The van der Waals surface area contributed by atoms with Crippen LogP contribution in [0.15, 0.2) is 18.5 Å². The number of amides is 1. The molecule has 0 aromatic carbocycles. The van der Waals surface area contributed by atoms with Gasteiger partial charge in [0, 0.05) is 32.1 Å². The zero-order chi connectivity index (χ0) is 14.7. The number of ether oxygens (including phenoxy) is 1. The van der Waals surface area contributed by atoms with Crippen LogP contribution in [-0.4, -0.2) is 41.6 Å². The number of piperidine rings is 1. The van der Waals surface area contributed by atoms with Crippen molar-refractivity contribution in [3.8, 4) is 0 Å². The first-order chi connectivity index (χ1) is 10.3. The molecule has 1 aromatic rings. The molecule has 1 aromatic heterocycles. The third-order valence-electron chi connectivity index (χ3n) is 4.84. The van der Waals surface area contributed by atoms with Crippen molar-refractivity contribution in [1.82, 2.24) is 9.88 Å². The summed E-state index contributed by atoms with van der Waals surface area (Å²) in [4.78, 5) is 18.6. The molecule has 0 aliphatic carbocycles. The Morgan fingerprint density at radius 1 is 1.29 bits per heavy atom. The third kappa shape index (κ3) is 3.26. The second-order valence-electron chi connectivity index (χ2n) is 6.23. The van der Waals surface area contributed by atoms with Crippen LogP contribution in [0.5, 0.6) is 0 Å². The van der Waals surface area contributed by atoms with E-state index in [4.69, 9.17) is 4.74 Å². The monoisotopic (exact) mass is 288 g/mol. The quantitative estimate of drug-likeness (QED) is 0.840. The van der Waals surface area contributed by atoms with Gasteiger partial charge in [0.1, 0.15) is 0 Å². The van der Waals surface area contributed by atoms with Gasteiger partial charge in [0.2, 0.25) is 0 Å².